The van der Waals surface area contributed by atoms with Crippen LogP contribution in [0.5, 0.6) is 0 Å². The van der Waals surface area contributed by atoms with Crippen LogP contribution in [0.2, 0.25) is 0 Å². The zero-order valence-electron chi connectivity index (χ0n) is 9.57. The molecule has 4 heteroatoms. The Kier molecular flexibility index (Phi) is 2.68. The molecular formula is C12H16FN3. The second-order valence-corrected chi connectivity index (χ2v) is 4.52. The van der Waals surface area contributed by atoms with Crippen LogP contribution in [0.1, 0.15) is 12.5 Å². The summed E-state index contributed by atoms with van der Waals surface area (Å²) in [5.41, 5.74) is 6.30. The lowest BCUT2D eigenvalue weighted by Crippen LogP contribution is -2.41. The van der Waals surface area contributed by atoms with E-state index in [4.69, 9.17) is 5.73 Å². The molecule has 0 amide bonds. The Hall–Kier alpha value is -1.42. The zero-order valence-corrected chi connectivity index (χ0v) is 9.57. The minimum Gasteiger partial charge on any atom is -0.399 e. The summed E-state index contributed by atoms with van der Waals surface area (Å²) in [7, 11) is 1.99. The number of hydrogen-bond donors (Lipinski definition) is 1. The van der Waals surface area contributed by atoms with Gasteiger partial charge in [-0.25, -0.2) is 4.39 Å². The number of hydrogen-bond acceptors (Lipinski definition) is 3. The van der Waals surface area contributed by atoms with Gasteiger partial charge in [0.1, 0.15) is 5.82 Å². The molecule has 0 radical (unpaired) electrons. The van der Waals surface area contributed by atoms with Crippen LogP contribution in [0, 0.1) is 5.82 Å². The minimum atomic E-state index is -0.535. The lowest BCUT2D eigenvalue weighted by molar-refractivity contribution is 0.269. The van der Waals surface area contributed by atoms with Crippen LogP contribution in [0.4, 0.5) is 10.1 Å². The highest BCUT2D eigenvalue weighted by Crippen LogP contribution is 2.31. The molecule has 0 spiro atoms. The van der Waals surface area contributed by atoms with E-state index in [1.807, 2.05) is 20.2 Å². The number of aliphatic imine (C=N–C) groups is 1. The summed E-state index contributed by atoms with van der Waals surface area (Å²) < 4.78 is 13.8. The summed E-state index contributed by atoms with van der Waals surface area (Å²) >= 11 is 0. The first kappa shape index (κ1) is 11.1. The van der Waals surface area contributed by atoms with Crippen LogP contribution >= 0.6 is 0 Å². The van der Waals surface area contributed by atoms with E-state index in [1.165, 1.54) is 6.07 Å². The molecule has 1 atom stereocenters. The fourth-order valence-corrected chi connectivity index (χ4v) is 2.12. The first-order valence-electron chi connectivity index (χ1n) is 5.29. The third-order valence-electron chi connectivity index (χ3n) is 2.92. The molecule has 1 heterocycles. The van der Waals surface area contributed by atoms with Gasteiger partial charge in [-0.15, -0.1) is 0 Å². The second kappa shape index (κ2) is 3.87. The molecule has 0 aromatic heterocycles. The Balaban J connectivity index is 2.46. The van der Waals surface area contributed by atoms with Gasteiger partial charge in [-0.05, 0) is 32.2 Å². The van der Waals surface area contributed by atoms with Gasteiger partial charge in [0.05, 0.1) is 5.54 Å². The summed E-state index contributed by atoms with van der Waals surface area (Å²) in [5.74, 6) is -0.246. The number of anilines is 1. The third-order valence-corrected chi connectivity index (χ3v) is 2.92. The topological polar surface area (TPSA) is 41.6 Å². The Morgan fingerprint density at radius 3 is 2.94 bits per heavy atom. The smallest absolute Gasteiger partial charge is 0.129 e. The number of nitrogens with zero attached hydrogens (tertiary/aromatic N) is 2. The Morgan fingerprint density at radius 1 is 1.50 bits per heavy atom. The van der Waals surface area contributed by atoms with E-state index in [9.17, 15) is 4.39 Å². The number of halogens is 1. The minimum absolute atomic E-state index is 0.246. The summed E-state index contributed by atoms with van der Waals surface area (Å²) in [6, 6.07) is 4.64. The molecule has 1 aromatic carbocycles. The molecule has 0 fully saturated rings. The molecule has 1 aliphatic rings. The number of benzene rings is 1. The van der Waals surface area contributed by atoms with Crippen LogP contribution in [0.25, 0.3) is 0 Å². The summed E-state index contributed by atoms with van der Waals surface area (Å²) in [4.78, 5) is 6.53. The van der Waals surface area contributed by atoms with Crippen molar-refractivity contribution in [3.63, 3.8) is 0 Å². The predicted molar refractivity (Wildman–Crippen MR) is 64.2 cm³/mol. The molecule has 3 nitrogen and oxygen atoms in total. The van der Waals surface area contributed by atoms with Crippen molar-refractivity contribution in [2.75, 3.05) is 25.9 Å². The van der Waals surface area contributed by atoms with Crippen molar-refractivity contribution in [1.29, 1.82) is 0 Å². The van der Waals surface area contributed by atoms with Crippen LogP contribution in [-0.4, -0.2) is 31.3 Å². The SMILES string of the molecule is CN1CC=NC(C)(c2cc(N)ccc2F)C1. The van der Waals surface area contributed by atoms with Crippen molar-refractivity contribution in [2.24, 2.45) is 4.99 Å². The van der Waals surface area contributed by atoms with Gasteiger partial charge < -0.3 is 5.73 Å². The number of likely N-dealkylation sites (N-methyl/N-ethyl adjacent to an activating group) is 1. The van der Waals surface area contributed by atoms with Crippen molar-refractivity contribution >= 4 is 11.9 Å². The van der Waals surface area contributed by atoms with E-state index in [0.29, 0.717) is 17.8 Å². The first-order chi connectivity index (χ1) is 7.51. The Labute approximate surface area is 94.8 Å². The number of nitrogen functional groups attached to an aromatic ring is 1. The van der Waals surface area contributed by atoms with Gasteiger partial charge in [-0.3, -0.25) is 9.89 Å². The maximum atomic E-state index is 13.8. The average Bonchev–Trinajstić information content (AvgIpc) is 2.21. The Bertz CT molecular complexity index is 430. The molecule has 0 saturated carbocycles. The fraction of sp³-hybridized carbons (Fsp3) is 0.417. The van der Waals surface area contributed by atoms with Gasteiger partial charge in [0.2, 0.25) is 0 Å². The molecular weight excluding hydrogens is 205 g/mol. The highest BCUT2D eigenvalue weighted by molar-refractivity contribution is 5.62. The van der Waals surface area contributed by atoms with Gasteiger partial charge in [0, 0.05) is 30.6 Å². The second-order valence-electron chi connectivity index (χ2n) is 4.52. The largest absolute Gasteiger partial charge is 0.399 e. The van der Waals surface area contributed by atoms with Gasteiger partial charge in [-0.2, -0.15) is 0 Å². The van der Waals surface area contributed by atoms with Gasteiger partial charge >= 0.3 is 0 Å². The van der Waals surface area contributed by atoms with Crippen LogP contribution in [-0.2, 0) is 5.54 Å². The fourth-order valence-electron chi connectivity index (χ4n) is 2.12. The maximum Gasteiger partial charge on any atom is 0.129 e. The highest BCUT2D eigenvalue weighted by Gasteiger charge is 2.31. The molecule has 2 N–H and O–H groups in total. The molecule has 0 bridgehead atoms. The molecule has 86 valence electrons. The van der Waals surface area contributed by atoms with Gasteiger partial charge in [-0.1, -0.05) is 0 Å². The highest BCUT2D eigenvalue weighted by atomic mass is 19.1. The molecule has 1 aliphatic heterocycles. The predicted octanol–water partition coefficient (Wildman–Crippen LogP) is 1.64. The molecule has 0 saturated heterocycles. The van der Waals surface area contributed by atoms with Crippen molar-refractivity contribution in [3.05, 3.63) is 29.6 Å². The summed E-state index contributed by atoms with van der Waals surface area (Å²) in [6.45, 7) is 3.43. The van der Waals surface area contributed by atoms with E-state index in [1.54, 1.807) is 12.1 Å². The van der Waals surface area contributed by atoms with E-state index in [2.05, 4.69) is 9.89 Å². The molecule has 16 heavy (non-hydrogen) atoms. The van der Waals surface area contributed by atoms with Crippen molar-refractivity contribution < 1.29 is 4.39 Å². The molecule has 2 rings (SSSR count). The number of nitrogens with two attached hydrogens (primary N) is 1. The van der Waals surface area contributed by atoms with E-state index in [0.717, 1.165) is 6.54 Å². The molecule has 1 aromatic rings. The Morgan fingerprint density at radius 2 is 2.25 bits per heavy atom. The maximum absolute atomic E-state index is 13.8. The van der Waals surface area contributed by atoms with Crippen molar-refractivity contribution in [3.8, 4) is 0 Å². The quantitative estimate of drug-likeness (QED) is 0.732. The standard InChI is InChI=1S/C12H16FN3/c1-12(8-16(2)6-5-15-12)10-7-9(14)3-4-11(10)13/h3-5,7H,6,8,14H2,1-2H3. The van der Waals surface area contributed by atoms with Crippen molar-refractivity contribution in [1.82, 2.24) is 4.90 Å². The van der Waals surface area contributed by atoms with Gasteiger partial charge in [0.25, 0.3) is 0 Å². The molecule has 1 unspecified atom stereocenters. The summed E-state index contributed by atoms with van der Waals surface area (Å²) in [5, 5.41) is 0. The normalized spacial score (nSPS) is 25.9. The van der Waals surface area contributed by atoms with Crippen LogP contribution < -0.4 is 5.73 Å². The van der Waals surface area contributed by atoms with Crippen LogP contribution in [0.15, 0.2) is 23.2 Å². The number of rotatable bonds is 1. The summed E-state index contributed by atoms with van der Waals surface area (Å²) in [6.07, 6.45) is 1.83. The monoisotopic (exact) mass is 221 g/mol. The lowest BCUT2D eigenvalue weighted by atomic mass is 9.90. The molecule has 0 aliphatic carbocycles. The van der Waals surface area contributed by atoms with E-state index < -0.39 is 5.54 Å². The third kappa shape index (κ3) is 1.93. The van der Waals surface area contributed by atoms with Crippen molar-refractivity contribution in [2.45, 2.75) is 12.5 Å². The van der Waals surface area contributed by atoms with Gasteiger partial charge in [0.15, 0.2) is 0 Å². The zero-order chi connectivity index (χ0) is 11.8. The lowest BCUT2D eigenvalue weighted by Gasteiger charge is -2.34. The van der Waals surface area contributed by atoms with E-state index >= 15 is 0 Å². The first-order valence-corrected chi connectivity index (χ1v) is 5.29. The van der Waals surface area contributed by atoms with E-state index in [-0.39, 0.29) is 5.82 Å². The average molecular weight is 221 g/mol. The van der Waals surface area contributed by atoms with Crippen LogP contribution in [0.3, 0.4) is 0 Å².